The molecule has 0 aliphatic heterocycles. The Bertz CT molecular complexity index is 1090. The average Bonchev–Trinajstić information content (AvgIpc) is 3.18. The lowest BCUT2D eigenvalue weighted by Gasteiger charge is -2.12. The maximum Gasteiger partial charge on any atom is 0.234 e. The maximum atomic E-state index is 12.5. The number of hydrogen-bond acceptors (Lipinski definition) is 7. The van der Waals surface area contributed by atoms with Crippen molar-refractivity contribution >= 4 is 35.0 Å². The second-order valence-corrected chi connectivity index (χ2v) is 7.77. The second kappa shape index (κ2) is 11.4. The number of carbonyl (C=O) groups is 1. The Labute approximate surface area is 195 Å². The van der Waals surface area contributed by atoms with Crippen LogP contribution in [-0.2, 0) is 17.9 Å². The molecule has 0 saturated carbocycles. The zero-order valence-electron chi connectivity index (χ0n) is 17.7. The van der Waals surface area contributed by atoms with Crippen LogP contribution in [0.15, 0.2) is 60.3 Å². The van der Waals surface area contributed by atoms with E-state index in [2.05, 4.69) is 22.1 Å². The second-order valence-electron chi connectivity index (χ2n) is 6.42. The molecule has 0 unspecified atom stereocenters. The third-order valence-electron chi connectivity index (χ3n) is 4.31. The Morgan fingerprint density at radius 2 is 2.00 bits per heavy atom. The van der Waals surface area contributed by atoms with Crippen LogP contribution in [0.5, 0.6) is 17.2 Å². The van der Waals surface area contributed by atoms with Crippen molar-refractivity contribution < 1.29 is 19.0 Å². The third-order valence-corrected chi connectivity index (χ3v) is 5.59. The van der Waals surface area contributed by atoms with Crippen LogP contribution in [-0.4, -0.2) is 40.6 Å². The number of carbonyl (C=O) groups excluding carboxylic acids is 1. The molecule has 8 nitrogen and oxygen atoms in total. The molecule has 3 aromatic rings. The van der Waals surface area contributed by atoms with E-state index in [0.29, 0.717) is 45.5 Å². The molecule has 1 aromatic heterocycles. The Balaban J connectivity index is 1.65. The lowest BCUT2D eigenvalue weighted by Crippen LogP contribution is -2.15. The number of thioether (sulfide) groups is 1. The first-order valence-corrected chi connectivity index (χ1v) is 11.0. The highest BCUT2D eigenvalue weighted by Gasteiger charge is 2.16. The fraction of sp³-hybridized carbons (Fsp3) is 0.227. The molecular formula is C22H23ClN4O4S. The fourth-order valence-corrected chi connectivity index (χ4v) is 3.73. The van der Waals surface area contributed by atoms with Gasteiger partial charge in [-0.2, -0.15) is 0 Å². The molecule has 0 bridgehead atoms. The highest BCUT2D eigenvalue weighted by Crippen LogP contribution is 2.29. The Morgan fingerprint density at radius 3 is 2.72 bits per heavy atom. The summed E-state index contributed by atoms with van der Waals surface area (Å²) in [5.41, 5.74) is 0.527. The third kappa shape index (κ3) is 5.95. The standard InChI is InChI=1S/C22H23ClN4O4S/c1-4-11-27-20(13-31-18-8-6-5-7-16(18)23)25-26-22(27)32-14-21(28)24-17-12-15(29-2)9-10-19(17)30-3/h4-10,12H,1,11,13-14H2,2-3H3,(H,24,28). The molecule has 168 valence electrons. The van der Waals surface area contributed by atoms with Gasteiger partial charge in [-0.1, -0.05) is 41.6 Å². The van der Waals surface area contributed by atoms with Gasteiger partial charge in [0.05, 0.1) is 30.7 Å². The van der Waals surface area contributed by atoms with E-state index >= 15 is 0 Å². The zero-order chi connectivity index (χ0) is 22.9. The first kappa shape index (κ1) is 23.5. The molecule has 0 aliphatic rings. The number of hydrogen-bond donors (Lipinski definition) is 1. The van der Waals surface area contributed by atoms with Crippen LogP contribution >= 0.6 is 23.4 Å². The molecular weight excluding hydrogens is 452 g/mol. The summed E-state index contributed by atoms with van der Waals surface area (Å²) in [4.78, 5) is 12.5. The molecule has 0 saturated heterocycles. The van der Waals surface area contributed by atoms with E-state index in [1.54, 1.807) is 43.5 Å². The first-order valence-electron chi connectivity index (χ1n) is 9.60. The molecule has 1 amide bonds. The predicted molar refractivity (Wildman–Crippen MR) is 125 cm³/mol. The summed E-state index contributed by atoms with van der Waals surface area (Å²) in [5.74, 6) is 2.22. The number of ether oxygens (including phenoxy) is 3. The smallest absolute Gasteiger partial charge is 0.234 e. The van der Waals surface area contributed by atoms with Gasteiger partial charge >= 0.3 is 0 Å². The van der Waals surface area contributed by atoms with Gasteiger partial charge in [0, 0.05) is 12.6 Å². The van der Waals surface area contributed by atoms with Gasteiger partial charge < -0.3 is 19.5 Å². The molecule has 32 heavy (non-hydrogen) atoms. The van der Waals surface area contributed by atoms with Gasteiger partial charge in [-0.05, 0) is 24.3 Å². The van der Waals surface area contributed by atoms with Crippen molar-refractivity contribution in [3.63, 3.8) is 0 Å². The summed E-state index contributed by atoms with van der Waals surface area (Å²) in [6, 6.07) is 12.4. The molecule has 0 radical (unpaired) electrons. The number of aromatic nitrogens is 3. The van der Waals surface area contributed by atoms with Crippen LogP contribution in [0, 0.1) is 0 Å². The number of para-hydroxylation sites is 1. The predicted octanol–water partition coefficient (Wildman–Crippen LogP) is 4.44. The number of nitrogens with zero attached hydrogens (tertiary/aromatic N) is 3. The van der Waals surface area contributed by atoms with Gasteiger partial charge in [-0.3, -0.25) is 9.36 Å². The minimum Gasteiger partial charge on any atom is -0.497 e. The van der Waals surface area contributed by atoms with E-state index in [1.807, 2.05) is 16.7 Å². The largest absolute Gasteiger partial charge is 0.497 e. The lowest BCUT2D eigenvalue weighted by atomic mass is 10.2. The van der Waals surface area contributed by atoms with E-state index in [0.717, 1.165) is 0 Å². The maximum absolute atomic E-state index is 12.5. The van der Waals surface area contributed by atoms with Crippen LogP contribution < -0.4 is 19.5 Å². The highest BCUT2D eigenvalue weighted by molar-refractivity contribution is 7.99. The van der Waals surface area contributed by atoms with Gasteiger partial charge in [0.2, 0.25) is 5.91 Å². The van der Waals surface area contributed by atoms with Crippen molar-refractivity contribution in [2.24, 2.45) is 0 Å². The monoisotopic (exact) mass is 474 g/mol. The van der Waals surface area contributed by atoms with Crippen molar-refractivity contribution in [2.45, 2.75) is 18.3 Å². The van der Waals surface area contributed by atoms with Crippen LogP contribution in [0.4, 0.5) is 5.69 Å². The summed E-state index contributed by atoms with van der Waals surface area (Å²) in [6.07, 6.45) is 1.73. The molecule has 1 N–H and O–H groups in total. The molecule has 0 aliphatic carbocycles. The van der Waals surface area contributed by atoms with Crippen LogP contribution in [0.25, 0.3) is 0 Å². The summed E-state index contributed by atoms with van der Waals surface area (Å²) in [5, 5.41) is 12.3. The normalized spacial score (nSPS) is 10.5. The van der Waals surface area contributed by atoms with Crippen LogP contribution in [0.2, 0.25) is 5.02 Å². The molecule has 0 atom stereocenters. The number of rotatable bonds is 11. The molecule has 0 fully saturated rings. The average molecular weight is 475 g/mol. The Morgan fingerprint density at radius 1 is 1.19 bits per heavy atom. The van der Waals surface area contributed by atoms with Gasteiger partial charge in [-0.15, -0.1) is 16.8 Å². The number of allylic oxidation sites excluding steroid dienone is 1. The SMILES string of the molecule is C=CCn1c(COc2ccccc2Cl)nnc1SCC(=O)Nc1cc(OC)ccc1OC. The summed E-state index contributed by atoms with van der Waals surface area (Å²) in [6.45, 7) is 4.44. The summed E-state index contributed by atoms with van der Waals surface area (Å²) in [7, 11) is 3.10. The molecule has 10 heteroatoms. The number of methoxy groups -OCH3 is 2. The Kier molecular flexibility index (Phi) is 8.41. The summed E-state index contributed by atoms with van der Waals surface area (Å²) < 4.78 is 18.1. The number of nitrogens with one attached hydrogen (secondary N) is 1. The van der Waals surface area contributed by atoms with E-state index in [9.17, 15) is 4.79 Å². The number of anilines is 1. The Hall–Kier alpha value is -3.17. The van der Waals surface area contributed by atoms with Gasteiger partial charge in [-0.25, -0.2) is 0 Å². The topological polar surface area (TPSA) is 87.5 Å². The molecule has 1 heterocycles. The van der Waals surface area contributed by atoms with Crippen molar-refractivity contribution in [3.8, 4) is 17.2 Å². The quantitative estimate of drug-likeness (QED) is 0.324. The lowest BCUT2D eigenvalue weighted by molar-refractivity contribution is -0.113. The van der Waals surface area contributed by atoms with E-state index in [1.165, 1.54) is 18.9 Å². The summed E-state index contributed by atoms with van der Waals surface area (Å²) >= 11 is 7.40. The van der Waals surface area contributed by atoms with Gasteiger partial charge in [0.1, 0.15) is 23.9 Å². The van der Waals surface area contributed by atoms with Crippen LogP contribution in [0.1, 0.15) is 5.82 Å². The molecule has 0 spiro atoms. The fourth-order valence-electron chi connectivity index (χ4n) is 2.78. The van der Waals surface area contributed by atoms with E-state index < -0.39 is 0 Å². The minimum atomic E-state index is -0.219. The van der Waals surface area contributed by atoms with E-state index in [-0.39, 0.29) is 18.3 Å². The van der Waals surface area contributed by atoms with Crippen LogP contribution in [0.3, 0.4) is 0 Å². The van der Waals surface area contributed by atoms with Crippen molar-refractivity contribution in [3.05, 3.63) is 66.0 Å². The van der Waals surface area contributed by atoms with E-state index in [4.69, 9.17) is 25.8 Å². The first-order chi connectivity index (χ1) is 15.5. The zero-order valence-corrected chi connectivity index (χ0v) is 19.3. The number of amides is 1. The van der Waals surface area contributed by atoms with Gasteiger partial charge in [0.15, 0.2) is 11.0 Å². The number of halogens is 1. The highest BCUT2D eigenvalue weighted by atomic mass is 35.5. The number of benzene rings is 2. The van der Waals surface area contributed by atoms with Gasteiger partial charge in [0.25, 0.3) is 0 Å². The molecule has 3 rings (SSSR count). The van der Waals surface area contributed by atoms with Crippen molar-refractivity contribution in [2.75, 3.05) is 25.3 Å². The van der Waals surface area contributed by atoms with Crippen molar-refractivity contribution in [1.82, 2.24) is 14.8 Å². The molecule has 2 aromatic carbocycles. The minimum absolute atomic E-state index is 0.126. The van der Waals surface area contributed by atoms with Crippen molar-refractivity contribution in [1.29, 1.82) is 0 Å².